The summed E-state index contributed by atoms with van der Waals surface area (Å²) in [4.78, 5) is 29.6. The van der Waals surface area contributed by atoms with Crippen molar-refractivity contribution in [3.8, 4) is 0 Å². The quantitative estimate of drug-likeness (QED) is 0.384. The summed E-state index contributed by atoms with van der Waals surface area (Å²) in [5, 5.41) is 27.8. The van der Waals surface area contributed by atoms with Gasteiger partial charge in [0.25, 0.3) is 0 Å². The molecule has 1 N–H and O–H groups in total. The van der Waals surface area contributed by atoms with Crippen molar-refractivity contribution in [3.05, 3.63) is 0 Å². The second-order valence-corrected chi connectivity index (χ2v) is 1.79. The van der Waals surface area contributed by atoms with Crippen molar-refractivity contribution in [1.29, 1.82) is 0 Å². The first-order chi connectivity index (χ1) is 4.95. The predicted octanol–water partition coefficient (Wildman–Crippen LogP) is -9.41. The summed E-state index contributed by atoms with van der Waals surface area (Å²) in [6.07, 6.45) is -1.02. The number of carboxylic acid groups (broad SMARTS) is 3. The molecule has 0 aromatic heterocycles. The Bertz CT molecular complexity index is 189. The number of carboxylic acids is 3. The summed E-state index contributed by atoms with van der Waals surface area (Å²) in [6.45, 7) is 0. The fourth-order valence-corrected chi connectivity index (χ4v) is 0.438. The molecule has 0 rings (SSSR count). The van der Waals surface area contributed by atoms with Gasteiger partial charge in [-0.3, -0.25) is 4.79 Å². The van der Waals surface area contributed by atoms with Crippen molar-refractivity contribution in [2.45, 2.75) is 6.42 Å². The predicted molar refractivity (Wildman–Crippen MR) is 25.8 cm³/mol. The molecule has 6 nitrogen and oxygen atoms in total. The maximum absolute atomic E-state index is 9.88. The number of carbonyl (C=O) groups excluding carboxylic acids is 2. The van der Waals surface area contributed by atoms with Gasteiger partial charge in [0.05, 0.1) is 18.4 Å². The third-order valence-electron chi connectivity index (χ3n) is 0.948. The molecule has 62 valence electrons. The van der Waals surface area contributed by atoms with E-state index < -0.39 is 30.2 Å². The Morgan fingerprint density at radius 1 is 1.08 bits per heavy atom. The normalized spacial score (nSPS) is 8.08. The van der Waals surface area contributed by atoms with Gasteiger partial charge in [0.1, 0.15) is 0 Å². The van der Waals surface area contributed by atoms with Crippen LogP contribution in [0.5, 0.6) is 0 Å². The Balaban J connectivity index is -0.000000500. The summed E-state index contributed by atoms with van der Waals surface area (Å²) in [7, 11) is 0. The molecule has 0 fully saturated rings. The molecule has 0 bridgehead atoms. The van der Waals surface area contributed by atoms with E-state index in [4.69, 9.17) is 5.11 Å². The van der Waals surface area contributed by atoms with E-state index in [1.807, 2.05) is 0 Å². The van der Waals surface area contributed by atoms with Crippen LogP contribution >= 0.6 is 0 Å². The first-order valence-electron chi connectivity index (χ1n) is 2.58. The van der Waals surface area contributed by atoms with Gasteiger partial charge in [0.15, 0.2) is 0 Å². The van der Waals surface area contributed by atoms with Crippen LogP contribution in [0.25, 0.3) is 0 Å². The average Bonchev–Trinajstić information content (AvgIpc) is 1.81. The number of aliphatic carboxylic acids is 3. The number of rotatable bonds is 4. The molecule has 0 aliphatic rings. The van der Waals surface area contributed by atoms with Gasteiger partial charge in [-0.15, -0.1) is 0 Å². The van der Waals surface area contributed by atoms with E-state index in [1.165, 1.54) is 0 Å². The molecule has 0 unspecified atom stereocenters. The molecule has 0 aliphatic carbocycles. The Hall–Kier alpha value is 1.68. The molecule has 0 aromatic carbocycles. The number of carbonyl (C=O) groups is 3. The topological polar surface area (TPSA) is 118 Å². The van der Waals surface area contributed by atoms with Gasteiger partial charge < -0.3 is 24.9 Å². The third-order valence-corrected chi connectivity index (χ3v) is 0.948. The van der Waals surface area contributed by atoms with Gasteiger partial charge in [-0.2, -0.15) is 0 Å². The van der Waals surface area contributed by atoms with E-state index in [0.29, 0.717) is 0 Å². The van der Waals surface area contributed by atoms with Crippen LogP contribution in [0.2, 0.25) is 0 Å². The van der Waals surface area contributed by atoms with Crippen molar-refractivity contribution in [2.75, 3.05) is 0 Å². The van der Waals surface area contributed by atoms with Gasteiger partial charge in [-0.05, 0) is 0 Å². The zero-order chi connectivity index (χ0) is 9.02. The third kappa shape index (κ3) is 9.98. The van der Waals surface area contributed by atoms with E-state index in [1.54, 1.807) is 0 Å². The van der Waals surface area contributed by atoms with Crippen molar-refractivity contribution in [1.82, 2.24) is 0 Å². The monoisotopic (exact) mass is 238 g/mol. The van der Waals surface area contributed by atoms with Gasteiger partial charge in [0.2, 0.25) is 0 Å². The minimum Gasteiger partial charge on any atom is -0.549 e. The van der Waals surface area contributed by atoms with Crippen LogP contribution in [0.15, 0.2) is 0 Å². The molecule has 0 saturated carbocycles. The molecule has 0 saturated heterocycles. The van der Waals surface area contributed by atoms with Crippen LogP contribution in [0.1, 0.15) is 6.42 Å². The Labute approximate surface area is 159 Å². The fourth-order valence-electron chi connectivity index (χ4n) is 0.438. The molecule has 0 radical (unpaired) electrons. The van der Waals surface area contributed by atoms with E-state index in [9.17, 15) is 24.6 Å². The SMILES string of the molecule is O=C(O)CC(C(=O)[O-])C(=O)[O-].[K+].[K+]. The van der Waals surface area contributed by atoms with Crippen molar-refractivity contribution in [2.24, 2.45) is 5.92 Å². The minimum absolute atomic E-state index is 0. The van der Waals surface area contributed by atoms with Gasteiger partial charge in [-0.25, -0.2) is 0 Å². The first-order valence-corrected chi connectivity index (χ1v) is 2.58. The maximum Gasteiger partial charge on any atom is 1.00 e. The van der Waals surface area contributed by atoms with Crippen LogP contribution in [-0.4, -0.2) is 23.0 Å². The van der Waals surface area contributed by atoms with Crippen LogP contribution in [0.3, 0.4) is 0 Å². The van der Waals surface area contributed by atoms with Crippen molar-refractivity contribution >= 4 is 17.9 Å². The zero-order valence-corrected chi connectivity index (χ0v) is 13.5. The molecular formula is C5H4K2O6. The van der Waals surface area contributed by atoms with Crippen LogP contribution < -0.4 is 113 Å². The van der Waals surface area contributed by atoms with E-state index in [2.05, 4.69) is 0 Å². The minimum atomic E-state index is -2.08. The second-order valence-electron chi connectivity index (χ2n) is 1.79. The summed E-state index contributed by atoms with van der Waals surface area (Å²) < 4.78 is 0. The van der Waals surface area contributed by atoms with Crippen molar-refractivity contribution in [3.63, 3.8) is 0 Å². The smallest absolute Gasteiger partial charge is 0.549 e. The first kappa shape index (κ1) is 20.1. The molecule has 0 aliphatic heterocycles. The van der Waals surface area contributed by atoms with Gasteiger partial charge in [0, 0.05) is 5.92 Å². The molecule has 0 heterocycles. The molecule has 0 atom stereocenters. The molecule has 0 aromatic rings. The van der Waals surface area contributed by atoms with Crippen LogP contribution in [-0.2, 0) is 14.4 Å². The summed E-state index contributed by atoms with van der Waals surface area (Å²) in [5.41, 5.74) is 0. The summed E-state index contributed by atoms with van der Waals surface area (Å²) in [6, 6.07) is 0. The zero-order valence-electron chi connectivity index (χ0n) is 7.27. The van der Waals surface area contributed by atoms with E-state index in [0.717, 1.165) is 0 Å². The fraction of sp³-hybridized carbons (Fsp3) is 0.400. The van der Waals surface area contributed by atoms with Crippen LogP contribution in [0.4, 0.5) is 0 Å². The van der Waals surface area contributed by atoms with Gasteiger partial charge >= 0.3 is 109 Å². The van der Waals surface area contributed by atoms with Crippen molar-refractivity contribution < 1.29 is 132 Å². The Morgan fingerprint density at radius 3 is 1.46 bits per heavy atom. The Morgan fingerprint density at radius 2 is 1.38 bits per heavy atom. The molecular weight excluding hydrogens is 234 g/mol. The summed E-state index contributed by atoms with van der Waals surface area (Å²) in [5.74, 6) is -7.50. The van der Waals surface area contributed by atoms with Crippen LogP contribution in [0, 0.1) is 5.92 Å². The van der Waals surface area contributed by atoms with E-state index >= 15 is 0 Å². The van der Waals surface area contributed by atoms with E-state index in [-0.39, 0.29) is 103 Å². The molecule has 8 heteroatoms. The maximum atomic E-state index is 9.88. The molecule has 0 amide bonds. The largest absolute Gasteiger partial charge is 1.00 e. The van der Waals surface area contributed by atoms with Gasteiger partial charge in [-0.1, -0.05) is 0 Å². The average molecular weight is 238 g/mol. The standard InChI is InChI=1S/C5H6O6.2K/c6-3(7)1-2(4(8)9)5(10)11;;/h2H,1H2,(H,6,7)(H,8,9)(H,10,11);;/q;2*+1/p-2. The molecule has 0 spiro atoms. The number of hydrogen-bond acceptors (Lipinski definition) is 5. The molecule has 13 heavy (non-hydrogen) atoms. The second kappa shape index (κ2) is 10.2. The number of hydrogen-bond donors (Lipinski definition) is 1. The summed E-state index contributed by atoms with van der Waals surface area (Å²) >= 11 is 0. The Kier molecular flexibility index (Phi) is 15.8.